The highest BCUT2D eigenvalue weighted by Crippen LogP contribution is 2.30. The first-order chi connectivity index (χ1) is 10.0. The smallest absolute Gasteiger partial charge is 0.356 e. The van der Waals surface area contributed by atoms with Gasteiger partial charge in [-0.2, -0.15) is 5.26 Å². The maximum Gasteiger partial charge on any atom is 0.356 e. The van der Waals surface area contributed by atoms with Crippen molar-refractivity contribution in [1.82, 2.24) is 9.97 Å². The lowest BCUT2D eigenvalue weighted by Crippen LogP contribution is -2.02. The molecular formula is C12H6N4O5. The van der Waals surface area contributed by atoms with E-state index in [0.29, 0.717) is 0 Å². The number of carboxylic acid groups (broad SMARTS) is 1. The summed E-state index contributed by atoms with van der Waals surface area (Å²) in [6.45, 7) is 0. The van der Waals surface area contributed by atoms with Crippen molar-refractivity contribution in [3.05, 3.63) is 52.0 Å². The van der Waals surface area contributed by atoms with Crippen LogP contribution in [0.15, 0.2) is 30.6 Å². The van der Waals surface area contributed by atoms with E-state index in [9.17, 15) is 14.9 Å². The summed E-state index contributed by atoms with van der Waals surface area (Å²) in [6.07, 6.45) is 2.00. The van der Waals surface area contributed by atoms with Gasteiger partial charge >= 0.3 is 11.7 Å². The van der Waals surface area contributed by atoms with Crippen molar-refractivity contribution in [1.29, 1.82) is 5.26 Å². The van der Waals surface area contributed by atoms with Crippen LogP contribution in [0.1, 0.15) is 16.1 Å². The van der Waals surface area contributed by atoms with Crippen LogP contribution in [-0.2, 0) is 0 Å². The molecule has 0 spiro atoms. The fourth-order valence-electron chi connectivity index (χ4n) is 1.41. The second kappa shape index (κ2) is 5.62. The Morgan fingerprint density at radius 3 is 2.67 bits per heavy atom. The van der Waals surface area contributed by atoms with E-state index in [4.69, 9.17) is 15.1 Å². The van der Waals surface area contributed by atoms with Gasteiger partial charge in [-0.3, -0.25) is 10.1 Å². The summed E-state index contributed by atoms with van der Waals surface area (Å²) in [5.74, 6) is -1.48. The Hall–Kier alpha value is -3.54. The predicted octanol–water partition coefficient (Wildman–Crippen LogP) is 1.75. The number of nitro benzene ring substituents is 1. The minimum atomic E-state index is -1.25. The molecule has 0 saturated carbocycles. The van der Waals surface area contributed by atoms with Gasteiger partial charge in [0.25, 0.3) is 0 Å². The summed E-state index contributed by atoms with van der Waals surface area (Å²) in [5, 5.41) is 28.3. The maximum atomic E-state index is 10.9. The van der Waals surface area contributed by atoms with Gasteiger partial charge in [0.1, 0.15) is 0 Å². The molecule has 0 bridgehead atoms. The van der Waals surface area contributed by atoms with E-state index in [0.717, 1.165) is 18.5 Å². The SMILES string of the molecule is N#Cc1ccc(Oc2cnc(C(=O)O)cn2)c([N+](=O)[O-])c1. The Morgan fingerprint density at radius 1 is 1.38 bits per heavy atom. The number of nitriles is 1. The summed E-state index contributed by atoms with van der Waals surface area (Å²) in [5.41, 5.74) is -0.573. The zero-order chi connectivity index (χ0) is 15.4. The van der Waals surface area contributed by atoms with E-state index < -0.39 is 16.6 Å². The molecule has 0 aliphatic carbocycles. The van der Waals surface area contributed by atoms with Crippen LogP contribution < -0.4 is 4.74 Å². The van der Waals surface area contributed by atoms with Crippen LogP contribution in [0.3, 0.4) is 0 Å². The zero-order valence-electron chi connectivity index (χ0n) is 10.3. The number of aromatic carboxylic acids is 1. The third-order valence-electron chi connectivity index (χ3n) is 2.35. The van der Waals surface area contributed by atoms with Crippen LogP contribution in [0.2, 0.25) is 0 Å². The van der Waals surface area contributed by atoms with Crippen molar-refractivity contribution in [2.45, 2.75) is 0 Å². The lowest BCUT2D eigenvalue weighted by Gasteiger charge is -2.05. The molecule has 1 aromatic carbocycles. The molecule has 0 fully saturated rings. The number of nitro groups is 1. The number of rotatable bonds is 4. The lowest BCUT2D eigenvalue weighted by molar-refractivity contribution is -0.385. The first-order valence-electron chi connectivity index (χ1n) is 5.43. The molecule has 0 amide bonds. The largest absolute Gasteiger partial charge is 0.476 e. The van der Waals surface area contributed by atoms with Crippen molar-refractivity contribution >= 4 is 11.7 Å². The summed E-state index contributed by atoms with van der Waals surface area (Å²) < 4.78 is 5.19. The molecule has 0 aliphatic rings. The van der Waals surface area contributed by atoms with Crippen LogP contribution in [0.4, 0.5) is 5.69 Å². The van der Waals surface area contributed by atoms with E-state index in [1.165, 1.54) is 12.1 Å². The Morgan fingerprint density at radius 2 is 2.14 bits per heavy atom. The molecule has 1 heterocycles. The Balaban J connectivity index is 2.33. The summed E-state index contributed by atoms with van der Waals surface area (Å²) in [4.78, 5) is 28.1. The van der Waals surface area contributed by atoms with Gasteiger partial charge in [0.2, 0.25) is 11.6 Å². The van der Waals surface area contributed by atoms with Crippen molar-refractivity contribution in [3.63, 3.8) is 0 Å². The first kappa shape index (κ1) is 13.9. The number of carboxylic acids is 1. The standard InChI is InChI=1S/C12H6N4O5/c13-4-7-1-2-10(9(3-7)16(19)20)21-11-6-14-8(5-15-11)12(17)18/h1-3,5-6H,(H,17,18). The Bertz CT molecular complexity index is 751. The second-order valence-electron chi connectivity index (χ2n) is 3.70. The third kappa shape index (κ3) is 3.07. The number of hydrogen-bond acceptors (Lipinski definition) is 7. The molecule has 1 aromatic heterocycles. The van der Waals surface area contributed by atoms with Gasteiger partial charge in [0.05, 0.1) is 28.9 Å². The highest BCUT2D eigenvalue weighted by molar-refractivity contribution is 5.84. The molecule has 0 atom stereocenters. The molecular weight excluding hydrogens is 280 g/mol. The van der Waals surface area contributed by atoms with Crippen LogP contribution in [0, 0.1) is 21.4 Å². The highest BCUT2D eigenvalue weighted by atomic mass is 16.6. The molecule has 0 unspecified atom stereocenters. The molecule has 21 heavy (non-hydrogen) atoms. The summed E-state index contributed by atoms with van der Waals surface area (Å²) >= 11 is 0. The average molecular weight is 286 g/mol. The number of carbonyl (C=O) groups is 1. The predicted molar refractivity (Wildman–Crippen MR) is 66.9 cm³/mol. The van der Waals surface area contributed by atoms with E-state index in [2.05, 4.69) is 9.97 Å². The topological polar surface area (TPSA) is 139 Å². The number of benzene rings is 1. The molecule has 0 aliphatic heterocycles. The Kier molecular flexibility index (Phi) is 3.71. The minimum Gasteiger partial charge on any atom is -0.476 e. The van der Waals surface area contributed by atoms with Crippen LogP contribution in [0.25, 0.3) is 0 Å². The zero-order valence-corrected chi connectivity index (χ0v) is 10.3. The van der Waals surface area contributed by atoms with Crippen LogP contribution in [-0.4, -0.2) is 26.0 Å². The molecule has 0 saturated heterocycles. The average Bonchev–Trinajstić information content (AvgIpc) is 2.48. The van der Waals surface area contributed by atoms with Crippen molar-refractivity contribution in [3.8, 4) is 17.7 Å². The van der Waals surface area contributed by atoms with Gasteiger partial charge in [0.15, 0.2) is 5.69 Å². The minimum absolute atomic E-state index is 0.104. The van der Waals surface area contributed by atoms with E-state index >= 15 is 0 Å². The number of hydrogen-bond donors (Lipinski definition) is 1. The molecule has 1 N–H and O–H groups in total. The van der Waals surface area contributed by atoms with Gasteiger partial charge in [-0.1, -0.05) is 0 Å². The Labute approximate surface area is 117 Å². The maximum absolute atomic E-state index is 10.9. The van der Waals surface area contributed by atoms with Gasteiger partial charge < -0.3 is 9.84 Å². The molecule has 2 aromatic rings. The third-order valence-corrected chi connectivity index (χ3v) is 2.35. The van der Waals surface area contributed by atoms with Crippen molar-refractivity contribution < 1.29 is 19.6 Å². The molecule has 104 valence electrons. The quantitative estimate of drug-likeness (QED) is 0.662. The lowest BCUT2D eigenvalue weighted by atomic mass is 10.2. The summed E-state index contributed by atoms with van der Waals surface area (Å²) in [7, 11) is 0. The van der Waals surface area contributed by atoms with E-state index in [-0.39, 0.29) is 22.9 Å². The number of nitrogens with zero attached hydrogens (tertiary/aromatic N) is 4. The molecule has 9 nitrogen and oxygen atoms in total. The van der Waals surface area contributed by atoms with Gasteiger partial charge in [-0.15, -0.1) is 0 Å². The molecule has 0 radical (unpaired) electrons. The molecule has 2 rings (SSSR count). The van der Waals surface area contributed by atoms with E-state index in [1.54, 1.807) is 6.07 Å². The van der Waals surface area contributed by atoms with Gasteiger partial charge in [-0.25, -0.2) is 14.8 Å². The summed E-state index contributed by atoms with van der Waals surface area (Å²) in [6, 6.07) is 5.45. The van der Waals surface area contributed by atoms with Crippen LogP contribution in [0.5, 0.6) is 11.6 Å². The fourth-order valence-corrected chi connectivity index (χ4v) is 1.41. The highest BCUT2D eigenvalue weighted by Gasteiger charge is 2.17. The van der Waals surface area contributed by atoms with E-state index in [1.807, 2.05) is 0 Å². The number of aromatic nitrogens is 2. The van der Waals surface area contributed by atoms with Gasteiger partial charge in [-0.05, 0) is 12.1 Å². The normalized spacial score (nSPS) is 9.67. The van der Waals surface area contributed by atoms with Crippen LogP contribution >= 0.6 is 0 Å². The monoisotopic (exact) mass is 286 g/mol. The fraction of sp³-hybridized carbons (Fsp3) is 0. The van der Waals surface area contributed by atoms with Gasteiger partial charge in [0, 0.05) is 6.07 Å². The van der Waals surface area contributed by atoms with Crippen molar-refractivity contribution in [2.24, 2.45) is 0 Å². The van der Waals surface area contributed by atoms with Crippen molar-refractivity contribution in [2.75, 3.05) is 0 Å². The second-order valence-corrected chi connectivity index (χ2v) is 3.70. The first-order valence-corrected chi connectivity index (χ1v) is 5.43. The number of ether oxygens (including phenoxy) is 1. The molecule has 9 heteroatoms.